The average molecular weight is 482 g/mol. The Morgan fingerprint density at radius 3 is 2.31 bits per heavy atom. The fourth-order valence-corrected chi connectivity index (χ4v) is 3.37. The molecule has 0 spiro atoms. The third-order valence-corrected chi connectivity index (χ3v) is 5.24. The van der Waals surface area contributed by atoms with Crippen molar-refractivity contribution in [3.8, 4) is 16.9 Å². The number of amides is 2. The fourth-order valence-electron chi connectivity index (χ4n) is 3.37. The Labute approximate surface area is 207 Å². The molecule has 2 amide bonds. The van der Waals surface area contributed by atoms with Crippen LogP contribution in [0.5, 0.6) is 0 Å². The number of para-hydroxylation sites is 1. The van der Waals surface area contributed by atoms with Crippen LogP contribution in [0.4, 0.5) is 0 Å². The van der Waals surface area contributed by atoms with Crippen LogP contribution in [-0.2, 0) is 9.59 Å². The van der Waals surface area contributed by atoms with Gasteiger partial charge in [-0.3, -0.25) is 19.4 Å². The standard InChI is InChI=1S/C27H23N5O4/c1-18(27(35)36)29-26(34)23(30-25(33)19-9-4-2-5-10-19)15-21-17-32(22-12-6-3-7-13-22)31-24(21)20-11-8-14-28-16-20/h2-18H,1H3,(H,29,34)(H,30,33)(H,35,36). The number of carbonyl (C=O) groups excluding carboxylic acids is 2. The van der Waals surface area contributed by atoms with Gasteiger partial charge >= 0.3 is 5.97 Å². The van der Waals surface area contributed by atoms with Gasteiger partial charge in [0.2, 0.25) is 0 Å². The second-order valence-electron chi connectivity index (χ2n) is 7.87. The van der Waals surface area contributed by atoms with Crippen molar-refractivity contribution in [2.45, 2.75) is 13.0 Å². The number of benzene rings is 2. The van der Waals surface area contributed by atoms with Gasteiger partial charge in [0, 0.05) is 35.3 Å². The minimum atomic E-state index is -1.20. The van der Waals surface area contributed by atoms with E-state index in [4.69, 9.17) is 0 Å². The molecule has 4 aromatic rings. The molecule has 2 aromatic carbocycles. The summed E-state index contributed by atoms with van der Waals surface area (Å²) in [6.07, 6.45) is 6.48. The highest BCUT2D eigenvalue weighted by atomic mass is 16.4. The maximum absolute atomic E-state index is 13.1. The van der Waals surface area contributed by atoms with E-state index >= 15 is 0 Å². The summed E-state index contributed by atoms with van der Waals surface area (Å²) >= 11 is 0. The van der Waals surface area contributed by atoms with Crippen LogP contribution in [-0.4, -0.2) is 43.7 Å². The largest absolute Gasteiger partial charge is 0.480 e. The summed E-state index contributed by atoms with van der Waals surface area (Å²) in [7, 11) is 0. The number of nitrogens with zero attached hydrogens (tertiary/aromatic N) is 3. The maximum atomic E-state index is 13.1. The molecule has 9 nitrogen and oxygen atoms in total. The van der Waals surface area contributed by atoms with E-state index in [9.17, 15) is 19.5 Å². The molecule has 1 atom stereocenters. The van der Waals surface area contributed by atoms with Crippen LogP contribution in [0.15, 0.2) is 97.1 Å². The maximum Gasteiger partial charge on any atom is 0.325 e. The van der Waals surface area contributed by atoms with Gasteiger partial charge in [-0.2, -0.15) is 5.10 Å². The molecular formula is C27H23N5O4. The lowest BCUT2D eigenvalue weighted by Gasteiger charge is -2.13. The summed E-state index contributed by atoms with van der Waals surface area (Å²) in [6.45, 7) is 1.34. The number of aromatic nitrogens is 3. The van der Waals surface area contributed by atoms with Crippen LogP contribution in [0.2, 0.25) is 0 Å². The van der Waals surface area contributed by atoms with E-state index in [0.717, 1.165) is 5.69 Å². The number of hydrogen-bond acceptors (Lipinski definition) is 5. The molecule has 0 saturated heterocycles. The molecule has 36 heavy (non-hydrogen) atoms. The van der Waals surface area contributed by atoms with Gasteiger partial charge in [0.15, 0.2) is 0 Å². The molecule has 0 radical (unpaired) electrons. The number of aliphatic carboxylic acids is 1. The molecule has 0 aliphatic heterocycles. The summed E-state index contributed by atoms with van der Waals surface area (Å²) in [6, 6.07) is 20.2. The van der Waals surface area contributed by atoms with E-state index < -0.39 is 23.8 Å². The zero-order chi connectivity index (χ0) is 25.5. The van der Waals surface area contributed by atoms with Crippen molar-refractivity contribution in [1.29, 1.82) is 0 Å². The molecule has 1 unspecified atom stereocenters. The minimum absolute atomic E-state index is 0.130. The van der Waals surface area contributed by atoms with Crippen molar-refractivity contribution in [2.75, 3.05) is 0 Å². The van der Waals surface area contributed by atoms with E-state index in [1.807, 2.05) is 36.4 Å². The molecular weight excluding hydrogens is 458 g/mol. The number of carboxylic acid groups (broad SMARTS) is 1. The summed E-state index contributed by atoms with van der Waals surface area (Å²) in [5.41, 5.74) is 2.75. The Bertz CT molecular complexity index is 1400. The third-order valence-electron chi connectivity index (χ3n) is 5.24. The van der Waals surface area contributed by atoms with Gasteiger partial charge in [-0.05, 0) is 49.4 Å². The third kappa shape index (κ3) is 5.71. The highest BCUT2D eigenvalue weighted by Gasteiger charge is 2.21. The van der Waals surface area contributed by atoms with Crippen LogP contribution in [0.1, 0.15) is 22.8 Å². The molecule has 0 fully saturated rings. The van der Waals surface area contributed by atoms with Crippen molar-refractivity contribution in [2.24, 2.45) is 0 Å². The topological polar surface area (TPSA) is 126 Å². The van der Waals surface area contributed by atoms with Crippen molar-refractivity contribution in [3.63, 3.8) is 0 Å². The molecule has 0 saturated carbocycles. The van der Waals surface area contributed by atoms with Crippen LogP contribution in [0.3, 0.4) is 0 Å². The van der Waals surface area contributed by atoms with Crippen LogP contribution in [0, 0.1) is 0 Å². The second kappa shape index (κ2) is 10.9. The van der Waals surface area contributed by atoms with E-state index in [-0.39, 0.29) is 5.70 Å². The number of carboxylic acids is 1. The lowest BCUT2D eigenvalue weighted by molar-refractivity contribution is -0.140. The zero-order valence-corrected chi connectivity index (χ0v) is 19.3. The Morgan fingerprint density at radius 2 is 1.67 bits per heavy atom. The first-order valence-corrected chi connectivity index (χ1v) is 11.1. The number of hydrogen-bond donors (Lipinski definition) is 3. The number of carbonyl (C=O) groups is 3. The molecule has 3 N–H and O–H groups in total. The SMILES string of the molecule is CC(NC(=O)C(=Cc1cn(-c2ccccc2)nc1-c1cccnc1)NC(=O)c1ccccc1)C(=O)O. The van der Waals surface area contributed by atoms with Gasteiger partial charge in [-0.15, -0.1) is 0 Å². The van der Waals surface area contributed by atoms with Gasteiger partial charge in [0.05, 0.1) is 5.69 Å². The predicted octanol–water partition coefficient (Wildman–Crippen LogP) is 3.29. The molecule has 2 aromatic heterocycles. The Balaban J connectivity index is 1.79. The van der Waals surface area contributed by atoms with Crippen LogP contribution in [0.25, 0.3) is 23.0 Å². The Hall–Kier alpha value is -5.05. The normalized spacial score (nSPS) is 12.0. The average Bonchev–Trinajstić information content (AvgIpc) is 3.33. The molecule has 0 bridgehead atoms. The van der Waals surface area contributed by atoms with Gasteiger partial charge < -0.3 is 15.7 Å². The first-order chi connectivity index (χ1) is 17.4. The van der Waals surface area contributed by atoms with Crippen molar-refractivity contribution in [3.05, 3.63) is 108 Å². The van der Waals surface area contributed by atoms with E-state index in [2.05, 4.69) is 20.7 Å². The minimum Gasteiger partial charge on any atom is -0.480 e. The summed E-state index contributed by atoms with van der Waals surface area (Å²) < 4.78 is 1.66. The van der Waals surface area contributed by atoms with Crippen molar-refractivity contribution in [1.82, 2.24) is 25.4 Å². The van der Waals surface area contributed by atoms with Crippen LogP contribution >= 0.6 is 0 Å². The number of pyridine rings is 1. The summed E-state index contributed by atoms with van der Waals surface area (Å²) in [4.78, 5) is 41.4. The predicted molar refractivity (Wildman–Crippen MR) is 134 cm³/mol. The molecule has 0 aliphatic rings. The zero-order valence-electron chi connectivity index (χ0n) is 19.3. The Kier molecular flexibility index (Phi) is 7.30. The van der Waals surface area contributed by atoms with Gasteiger partial charge in [-0.1, -0.05) is 36.4 Å². The highest BCUT2D eigenvalue weighted by molar-refractivity contribution is 6.06. The summed E-state index contributed by atoms with van der Waals surface area (Å²) in [5.74, 6) is -2.47. The van der Waals surface area contributed by atoms with Crippen LogP contribution < -0.4 is 10.6 Å². The lowest BCUT2D eigenvalue weighted by Crippen LogP contribution is -2.42. The molecule has 180 valence electrons. The van der Waals surface area contributed by atoms with Gasteiger partial charge in [0.1, 0.15) is 17.4 Å². The van der Waals surface area contributed by atoms with E-state index in [1.165, 1.54) is 13.0 Å². The van der Waals surface area contributed by atoms with Crippen molar-refractivity contribution >= 4 is 23.9 Å². The number of nitrogens with one attached hydrogen (secondary N) is 2. The fraction of sp³-hybridized carbons (Fsp3) is 0.0741. The second-order valence-corrected chi connectivity index (χ2v) is 7.87. The lowest BCUT2D eigenvalue weighted by atomic mass is 10.1. The smallest absolute Gasteiger partial charge is 0.325 e. The Morgan fingerprint density at radius 1 is 0.972 bits per heavy atom. The molecule has 4 rings (SSSR count). The molecule has 0 aliphatic carbocycles. The van der Waals surface area contributed by atoms with Gasteiger partial charge in [-0.25, -0.2) is 4.68 Å². The first kappa shape index (κ1) is 24.1. The van der Waals surface area contributed by atoms with E-state index in [0.29, 0.717) is 22.4 Å². The highest BCUT2D eigenvalue weighted by Crippen LogP contribution is 2.25. The van der Waals surface area contributed by atoms with E-state index in [1.54, 1.807) is 59.7 Å². The molecule has 9 heteroatoms. The summed E-state index contributed by atoms with van der Waals surface area (Å²) in [5, 5.41) is 18.9. The van der Waals surface area contributed by atoms with Crippen molar-refractivity contribution < 1.29 is 19.5 Å². The quantitative estimate of drug-likeness (QED) is 0.332. The molecule has 2 heterocycles. The van der Waals surface area contributed by atoms with Gasteiger partial charge in [0.25, 0.3) is 11.8 Å². The monoisotopic (exact) mass is 481 g/mol. The number of rotatable bonds is 8. The first-order valence-electron chi connectivity index (χ1n) is 11.1.